The van der Waals surface area contributed by atoms with Gasteiger partial charge in [0.2, 0.25) is 11.9 Å². The molecule has 1 saturated heterocycles. The van der Waals surface area contributed by atoms with Crippen molar-refractivity contribution in [2.45, 2.75) is 43.2 Å². The summed E-state index contributed by atoms with van der Waals surface area (Å²) in [6, 6.07) is 8.38. The number of carbonyl (C=O) groups is 1. The van der Waals surface area contributed by atoms with Crippen LogP contribution in [0.25, 0.3) is 0 Å². The fourth-order valence-corrected chi connectivity index (χ4v) is 5.20. The molecule has 3 N–H and O–H groups in total. The molecule has 1 spiro atoms. The van der Waals surface area contributed by atoms with Gasteiger partial charge in [0.1, 0.15) is 11.3 Å². The average Bonchev–Trinajstić information content (AvgIpc) is 3.47. The molecule has 182 valence electrons. The lowest BCUT2D eigenvalue weighted by atomic mass is 9.74. The van der Waals surface area contributed by atoms with E-state index in [1.165, 1.54) is 18.6 Å². The quantitative estimate of drug-likeness (QED) is 0.375. The Bertz CT molecular complexity index is 1280. The molecular formula is C23H20F3N5O4. The van der Waals surface area contributed by atoms with Gasteiger partial charge in [-0.1, -0.05) is 29.8 Å². The minimum atomic E-state index is -4.94. The van der Waals surface area contributed by atoms with E-state index in [-0.39, 0.29) is 17.7 Å². The fraction of sp³-hybridized carbons (Fsp3) is 0.304. The van der Waals surface area contributed by atoms with E-state index in [4.69, 9.17) is 0 Å². The van der Waals surface area contributed by atoms with E-state index in [1.807, 2.05) is 6.92 Å². The lowest BCUT2D eigenvalue weighted by Crippen LogP contribution is -2.49. The summed E-state index contributed by atoms with van der Waals surface area (Å²) in [4.78, 5) is 32.4. The number of nitrogens with zero attached hydrogens (tertiary/aromatic N) is 2. The number of amides is 1. The van der Waals surface area contributed by atoms with Crippen LogP contribution in [-0.4, -0.2) is 39.2 Å². The minimum absolute atomic E-state index is 0.150. The minimum Gasteiger partial charge on any atom is -0.406 e. The number of aromatic nitrogens is 2. The largest absolute Gasteiger partial charge is 0.573 e. The predicted octanol–water partition coefficient (Wildman–Crippen LogP) is 3.41. The number of aryl methyl sites for hydroxylation is 1. The third-order valence-electron chi connectivity index (χ3n) is 6.56. The van der Waals surface area contributed by atoms with Crippen molar-refractivity contribution in [2.24, 2.45) is 0 Å². The first kappa shape index (κ1) is 22.8. The number of rotatable bonds is 5. The zero-order chi connectivity index (χ0) is 25.0. The summed E-state index contributed by atoms with van der Waals surface area (Å²) in [6.45, 7) is 1.86. The molecule has 3 heterocycles. The van der Waals surface area contributed by atoms with E-state index in [9.17, 15) is 28.1 Å². The van der Waals surface area contributed by atoms with E-state index in [2.05, 4.69) is 25.3 Å². The smallest absolute Gasteiger partial charge is 0.406 e. The first-order valence-corrected chi connectivity index (χ1v) is 10.8. The molecule has 1 fully saturated rings. The Morgan fingerprint density at radius 2 is 1.94 bits per heavy atom. The summed E-state index contributed by atoms with van der Waals surface area (Å²) in [5.41, 5.74) is 0.770. The zero-order valence-corrected chi connectivity index (χ0v) is 18.3. The number of anilines is 1. The van der Waals surface area contributed by atoms with Gasteiger partial charge in [0.25, 0.3) is 0 Å². The molecule has 35 heavy (non-hydrogen) atoms. The number of nitro groups is 1. The Morgan fingerprint density at radius 1 is 1.20 bits per heavy atom. The Labute approximate surface area is 196 Å². The summed E-state index contributed by atoms with van der Waals surface area (Å²) in [7, 11) is 0. The van der Waals surface area contributed by atoms with Gasteiger partial charge in [-0.15, -0.1) is 13.2 Å². The van der Waals surface area contributed by atoms with Crippen molar-refractivity contribution in [3.8, 4) is 5.75 Å². The molecule has 0 bridgehead atoms. The van der Waals surface area contributed by atoms with Gasteiger partial charge >= 0.3 is 6.36 Å². The Kier molecular flexibility index (Phi) is 5.28. The number of benzene rings is 2. The highest BCUT2D eigenvalue weighted by Gasteiger charge is 2.66. The molecule has 5 rings (SSSR count). The van der Waals surface area contributed by atoms with Crippen molar-refractivity contribution in [2.75, 3.05) is 5.32 Å². The van der Waals surface area contributed by atoms with Crippen molar-refractivity contribution in [1.29, 1.82) is 0 Å². The number of hydrogen-bond acceptors (Lipinski definition) is 6. The van der Waals surface area contributed by atoms with Gasteiger partial charge in [0, 0.05) is 34.5 Å². The SMILES string of the molecule is Cc1ccc([C@H]2[C@H]([N+](=O)[O-])[C@@H](Cc3cnc[nH]3)N[C@]23C(=O)Nc2ccc(OC(F)(F)F)cc23)cc1. The van der Waals surface area contributed by atoms with Crippen LogP contribution in [0, 0.1) is 17.0 Å². The molecule has 0 unspecified atom stereocenters. The summed E-state index contributed by atoms with van der Waals surface area (Å²) in [6.07, 6.45) is -1.82. The normalized spacial score (nSPS) is 25.5. The summed E-state index contributed by atoms with van der Waals surface area (Å²) in [5.74, 6) is -2.12. The third kappa shape index (κ3) is 3.89. The molecule has 2 aliphatic heterocycles. The van der Waals surface area contributed by atoms with Crippen LogP contribution in [0.5, 0.6) is 5.75 Å². The van der Waals surface area contributed by atoms with E-state index in [0.717, 1.165) is 17.7 Å². The highest BCUT2D eigenvalue weighted by atomic mass is 19.4. The molecule has 2 aromatic carbocycles. The first-order chi connectivity index (χ1) is 16.6. The van der Waals surface area contributed by atoms with Crippen LogP contribution < -0.4 is 15.4 Å². The highest BCUT2D eigenvalue weighted by Crippen LogP contribution is 2.53. The van der Waals surface area contributed by atoms with Crippen LogP contribution in [0.4, 0.5) is 18.9 Å². The first-order valence-electron chi connectivity index (χ1n) is 10.8. The summed E-state index contributed by atoms with van der Waals surface area (Å²) in [5, 5.41) is 18.3. The molecular weight excluding hydrogens is 467 g/mol. The number of ether oxygens (including phenoxy) is 1. The second-order valence-corrected chi connectivity index (χ2v) is 8.71. The number of imidazole rings is 1. The van der Waals surface area contributed by atoms with Gasteiger partial charge in [-0.3, -0.25) is 20.2 Å². The molecule has 9 nitrogen and oxygen atoms in total. The fourth-order valence-electron chi connectivity index (χ4n) is 5.20. The number of H-pyrrole nitrogens is 1. The standard InChI is InChI=1S/C23H20F3N5O4/c1-12-2-4-13(5-3-12)19-20(31(33)34)18(8-14-10-27-11-28-14)30-22(19)16-9-15(35-23(24,25)26)6-7-17(16)29-21(22)32/h2-7,9-11,18-20,30H,8H2,1H3,(H,27,28)(H,29,32)/t18-,19+,20-,22+/m1/s1. The van der Waals surface area contributed by atoms with Gasteiger partial charge in [0.15, 0.2) is 0 Å². The molecule has 0 aliphatic carbocycles. The number of halogens is 3. The van der Waals surface area contributed by atoms with Crippen molar-refractivity contribution in [1.82, 2.24) is 15.3 Å². The molecule has 12 heteroatoms. The van der Waals surface area contributed by atoms with Crippen molar-refractivity contribution < 1.29 is 27.6 Å². The molecule has 4 atom stereocenters. The molecule has 3 aromatic rings. The number of hydrogen-bond donors (Lipinski definition) is 3. The lowest BCUT2D eigenvalue weighted by Gasteiger charge is -2.30. The maximum absolute atomic E-state index is 13.5. The van der Waals surface area contributed by atoms with Crippen molar-refractivity contribution in [3.05, 3.63) is 87.5 Å². The van der Waals surface area contributed by atoms with Gasteiger partial charge < -0.3 is 15.0 Å². The van der Waals surface area contributed by atoms with Crippen LogP contribution in [0.1, 0.15) is 28.3 Å². The van der Waals surface area contributed by atoms with Crippen LogP contribution in [0.3, 0.4) is 0 Å². The topological polar surface area (TPSA) is 122 Å². The number of carbonyl (C=O) groups excluding carboxylic acids is 1. The van der Waals surface area contributed by atoms with Crippen LogP contribution in [0.15, 0.2) is 55.0 Å². The van der Waals surface area contributed by atoms with Crippen LogP contribution in [-0.2, 0) is 16.8 Å². The Hall–Kier alpha value is -3.93. The molecule has 1 aromatic heterocycles. The highest BCUT2D eigenvalue weighted by molar-refractivity contribution is 6.07. The Balaban J connectivity index is 1.69. The number of alkyl halides is 3. The van der Waals surface area contributed by atoms with Gasteiger partial charge in [-0.2, -0.15) is 0 Å². The second kappa shape index (κ2) is 8.08. The van der Waals surface area contributed by atoms with Gasteiger partial charge in [0.05, 0.1) is 18.3 Å². The van der Waals surface area contributed by atoms with E-state index < -0.39 is 46.5 Å². The summed E-state index contributed by atoms with van der Waals surface area (Å²) < 4.78 is 42.9. The Morgan fingerprint density at radius 3 is 2.57 bits per heavy atom. The molecule has 1 amide bonds. The van der Waals surface area contributed by atoms with E-state index in [1.54, 1.807) is 24.3 Å². The number of nitrogens with one attached hydrogen (secondary N) is 3. The molecule has 0 saturated carbocycles. The van der Waals surface area contributed by atoms with Crippen LogP contribution >= 0.6 is 0 Å². The van der Waals surface area contributed by atoms with Gasteiger partial charge in [-0.25, -0.2) is 4.98 Å². The van der Waals surface area contributed by atoms with Crippen LogP contribution in [0.2, 0.25) is 0 Å². The third-order valence-corrected chi connectivity index (χ3v) is 6.56. The van der Waals surface area contributed by atoms with E-state index in [0.29, 0.717) is 11.3 Å². The van der Waals surface area contributed by atoms with E-state index >= 15 is 0 Å². The maximum Gasteiger partial charge on any atom is 0.573 e. The molecule has 2 aliphatic rings. The number of aromatic amines is 1. The molecule has 0 radical (unpaired) electrons. The zero-order valence-electron chi connectivity index (χ0n) is 18.3. The van der Waals surface area contributed by atoms with Gasteiger partial charge in [-0.05, 0) is 30.7 Å². The monoisotopic (exact) mass is 487 g/mol. The predicted molar refractivity (Wildman–Crippen MR) is 117 cm³/mol. The average molecular weight is 487 g/mol. The van der Waals surface area contributed by atoms with Crippen molar-refractivity contribution >= 4 is 11.6 Å². The van der Waals surface area contributed by atoms with Crippen molar-refractivity contribution in [3.63, 3.8) is 0 Å². The summed E-state index contributed by atoms with van der Waals surface area (Å²) >= 11 is 0. The second-order valence-electron chi connectivity index (χ2n) is 8.71. The number of fused-ring (bicyclic) bond motifs is 2. The maximum atomic E-state index is 13.5. The lowest BCUT2D eigenvalue weighted by molar-refractivity contribution is -0.526.